The van der Waals surface area contributed by atoms with Gasteiger partial charge in [0.25, 0.3) is 0 Å². The summed E-state index contributed by atoms with van der Waals surface area (Å²) in [5.41, 5.74) is 4.52. The average Bonchev–Trinajstić information content (AvgIpc) is 2.90. The van der Waals surface area contributed by atoms with Crippen LogP contribution in [0, 0.1) is 5.92 Å². The number of hydrogen-bond donors (Lipinski definition) is 5. The Bertz CT molecular complexity index is 848. The number of anilines is 1. The summed E-state index contributed by atoms with van der Waals surface area (Å²) in [5, 5.41) is 23.3. The van der Waals surface area contributed by atoms with Crippen LogP contribution in [0.1, 0.15) is 27.0 Å². The van der Waals surface area contributed by atoms with Crippen LogP contribution in [0.2, 0.25) is 0 Å². The van der Waals surface area contributed by atoms with Gasteiger partial charge >= 0.3 is 11.6 Å². The molecule has 1 aromatic heterocycles. The van der Waals surface area contributed by atoms with E-state index in [9.17, 15) is 28.3 Å². The minimum atomic E-state index is -3.85. The second kappa shape index (κ2) is 9.12. The number of carbonyl (C=O) groups excluding carboxylic acids is 2. The molecule has 2 amide bonds. The molecule has 13 heteroatoms. The van der Waals surface area contributed by atoms with Gasteiger partial charge in [0.05, 0.1) is 12.6 Å². The van der Waals surface area contributed by atoms with Gasteiger partial charge in [0.2, 0.25) is 18.0 Å². The molecular weight excluding hydrogens is 408 g/mol. The van der Waals surface area contributed by atoms with Crippen molar-refractivity contribution in [3.05, 3.63) is 22.7 Å². The molecule has 2 heterocycles. The SMILES string of the molecule is CC(C)[C@H](N)C(=O)N[C@@H](C)C(=O)Nc1ccn([C@@H]2O[C@H](CO)[C@@H](O)C2(F)F)c(=O)n1. The first-order valence-corrected chi connectivity index (χ1v) is 9.18. The average molecular weight is 433 g/mol. The molecule has 5 atom stereocenters. The van der Waals surface area contributed by atoms with Crippen LogP contribution in [0.4, 0.5) is 14.6 Å². The monoisotopic (exact) mass is 433 g/mol. The fourth-order valence-electron chi connectivity index (χ4n) is 2.69. The van der Waals surface area contributed by atoms with Crippen LogP contribution in [0.5, 0.6) is 0 Å². The van der Waals surface area contributed by atoms with E-state index in [0.717, 1.165) is 12.3 Å². The molecule has 0 unspecified atom stereocenters. The molecule has 2 rings (SSSR count). The van der Waals surface area contributed by atoms with Crippen LogP contribution in [0.15, 0.2) is 17.1 Å². The molecule has 0 radical (unpaired) electrons. The number of nitrogens with two attached hydrogens (primary N) is 1. The number of ether oxygens (including phenoxy) is 1. The first kappa shape index (κ1) is 23.8. The molecule has 11 nitrogen and oxygen atoms in total. The van der Waals surface area contributed by atoms with Gasteiger partial charge in [-0.3, -0.25) is 14.2 Å². The van der Waals surface area contributed by atoms with Crippen LogP contribution in [-0.2, 0) is 14.3 Å². The summed E-state index contributed by atoms with van der Waals surface area (Å²) in [6, 6.07) is -0.742. The lowest BCUT2D eigenvalue weighted by Gasteiger charge is -2.21. The van der Waals surface area contributed by atoms with Gasteiger partial charge in [-0.25, -0.2) is 4.79 Å². The van der Waals surface area contributed by atoms with Gasteiger partial charge in [-0.15, -0.1) is 0 Å². The lowest BCUT2D eigenvalue weighted by atomic mass is 10.0. The van der Waals surface area contributed by atoms with E-state index in [0.29, 0.717) is 4.57 Å². The number of nitrogens with zero attached hydrogens (tertiary/aromatic N) is 2. The largest absolute Gasteiger partial charge is 0.394 e. The normalized spacial score (nSPS) is 25.0. The molecule has 30 heavy (non-hydrogen) atoms. The number of aromatic nitrogens is 2. The van der Waals surface area contributed by atoms with Gasteiger partial charge in [0, 0.05) is 6.20 Å². The Balaban J connectivity index is 2.10. The van der Waals surface area contributed by atoms with Crippen LogP contribution >= 0.6 is 0 Å². The highest BCUT2D eigenvalue weighted by atomic mass is 19.3. The second-order valence-corrected chi connectivity index (χ2v) is 7.32. The molecule has 1 fully saturated rings. The Morgan fingerprint density at radius 3 is 2.50 bits per heavy atom. The highest BCUT2D eigenvalue weighted by molar-refractivity contribution is 5.96. The van der Waals surface area contributed by atoms with Gasteiger partial charge in [0.15, 0.2) is 6.10 Å². The third-order valence-corrected chi connectivity index (χ3v) is 4.67. The second-order valence-electron chi connectivity index (χ2n) is 7.32. The first-order valence-electron chi connectivity index (χ1n) is 9.18. The highest BCUT2D eigenvalue weighted by Crippen LogP contribution is 2.41. The van der Waals surface area contributed by atoms with Crippen molar-refractivity contribution in [3.63, 3.8) is 0 Å². The number of hydrogen-bond acceptors (Lipinski definition) is 8. The zero-order valence-electron chi connectivity index (χ0n) is 16.6. The molecule has 0 bridgehead atoms. The van der Waals surface area contributed by atoms with Crippen molar-refractivity contribution in [2.24, 2.45) is 11.7 Å². The van der Waals surface area contributed by atoms with Crippen molar-refractivity contribution in [1.82, 2.24) is 14.9 Å². The molecule has 0 saturated carbocycles. The predicted molar refractivity (Wildman–Crippen MR) is 99.5 cm³/mol. The van der Waals surface area contributed by atoms with Crippen LogP contribution in [0.25, 0.3) is 0 Å². The van der Waals surface area contributed by atoms with E-state index in [2.05, 4.69) is 15.6 Å². The van der Waals surface area contributed by atoms with Crippen LogP contribution in [0.3, 0.4) is 0 Å². The van der Waals surface area contributed by atoms with Gasteiger partial charge in [-0.1, -0.05) is 13.8 Å². The Morgan fingerprint density at radius 2 is 2.00 bits per heavy atom. The first-order chi connectivity index (χ1) is 13.9. The van der Waals surface area contributed by atoms with Gasteiger partial charge in [0.1, 0.15) is 18.0 Å². The summed E-state index contributed by atoms with van der Waals surface area (Å²) in [7, 11) is 0. The number of aliphatic hydroxyl groups excluding tert-OH is 2. The van der Waals surface area contributed by atoms with E-state index in [-0.39, 0.29) is 11.7 Å². The Hall–Kier alpha value is -2.48. The number of carbonyl (C=O) groups is 2. The maximum atomic E-state index is 14.2. The smallest absolute Gasteiger partial charge is 0.351 e. The molecule has 1 aliphatic rings. The van der Waals surface area contributed by atoms with Crippen molar-refractivity contribution in [1.29, 1.82) is 0 Å². The van der Waals surface area contributed by atoms with Gasteiger partial charge in [-0.2, -0.15) is 13.8 Å². The van der Waals surface area contributed by atoms with Crippen molar-refractivity contribution in [3.8, 4) is 0 Å². The summed E-state index contributed by atoms with van der Waals surface area (Å²) >= 11 is 0. The minimum Gasteiger partial charge on any atom is -0.394 e. The summed E-state index contributed by atoms with van der Waals surface area (Å²) < 4.78 is 33.7. The zero-order valence-corrected chi connectivity index (χ0v) is 16.6. The predicted octanol–water partition coefficient (Wildman–Crippen LogP) is -1.44. The maximum absolute atomic E-state index is 14.2. The molecule has 1 saturated heterocycles. The standard InChI is InChI=1S/C17H25F2N5O6/c1-7(2)11(20)14(28)21-8(3)13(27)22-10-4-5-24(16(29)23-10)15-17(18,19)12(26)9(6-25)30-15/h4-5,7-9,11-12,15,25-26H,6,20H2,1-3H3,(H,21,28)(H,22,23,27,29)/t8-,9+,11-,12+,15+/m0/s1. The fraction of sp³-hybridized carbons (Fsp3) is 0.647. The fourth-order valence-corrected chi connectivity index (χ4v) is 2.69. The van der Waals surface area contributed by atoms with E-state index < -0.39 is 60.6 Å². The van der Waals surface area contributed by atoms with Gasteiger partial charge in [-0.05, 0) is 18.9 Å². The molecule has 6 N–H and O–H groups in total. The molecule has 1 aliphatic heterocycles. The topological polar surface area (TPSA) is 169 Å². The lowest BCUT2D eigenvalue weighted by molar-refractivity contribution is -0.141. The Morgan fingerprint density at radius 1 is 1.37 bits per heavy atom. The lowest BCUT2D eigenvalue weighted by Crippen LogP contribution is -2.50. The number of alkyl halides is 2. The number of aliphatic hydroxyl groups is 2. The maximum Gasteiger partial charge on any atom is 0.351 e. The van der Waals surface area contributed by atoms with Crippen LogP contribution < -0.4 is 22.1 Å². The van der Waals surface area contributed by atoms with Crippen molar-refractivity contribution in [2.75, 3.05) is 11.9 Å². The van der Waals surface area contributed by atoms with E-state index in [1.807, 2.05) is 0 Å². The summed E-state index contributed by atoms with van der Waals surface area (Å²) in [4.78, 5) is 39.8. The van der Waals surface area contributed by atoms with Crippen LogP contribution in [-0.4, -0.2) is 68.4 Å². The van der Waals surface area contributed by atoms with Gasteiger partial charge < -0.3 is 31.3 Å². The van der Waals surface area contributed by atoms with Crippen molar-refractivity contribution in [2.45, 2.75) is 57.2 Å². The summed E-state index contributed by atoms with van der Waals surface area (Å²) in [6.45, 7) is 4.01. The number of rotatable bonds is 7. The summed E-state index contributed by atoms with van der Waals surface area (Å²) in [6.07, 6.45) is -5.14. The zero-order chi connectivity index (χ0) is 22.8. The Kier molecular flexibility index (Phi) is 7.23. The van der Waals surface area contributed by atoms with Crippen molar-refractivity contribution < 1.29 is 33.3 Å². The Labute approximate surface area is 170 Å². The van der Waals surface area contributed by atoms with Crippen molar-refractivity contribution >= 4 is 17.6 Å². The third-order valence-electron chi connectivity index (χ3n) is 4.67. The quantitative estimate of drug-likeness (QED) is 0.348. The molecule has 0 aliphatic carbocycles. The molecular formula is C17H25F2N5O6. The molecule has 0 spiro atoms. The van der Waals surface area contributed by atoms with E-state index in [1.165, 1.54) is 6.92 Å². The highest BCUT2D eigenvalue weighted by Gasteiger charge is 2.59. The molecule has 168 valence electrons. The minimum absolute atomic E-state index is 0.144. The number of nitrogens with one attached hydrogen (secondary N) is 2. The summed E-state index contributed by atoms with van der Waals surface area (Å²) in [5.74, 6) is -5.47. The third kappa shape index (κ3) is 4.80. The number of amides is 2. The van der Waals surface area contributed by atoms with E-state index in [1.54, 1.807) is 13.8 Å². The molecule has 1 aromatic rings. The number of halogens is 2. The molecule has 0 aromatic carbocycles. The van der Waals surface area contributed by atoms with E-state index >= 15 is 0 Å². The van der Waals surface area contributed by atoms with E-state index in [4.69, 9.17) is 15.6 Å².